The molecule has 0 atom stereocenters. The Kier molecular flexibility index (Phi) is 3.02. The van der Waals surface area contributed by atoms with Crippen LogP contribution in [0.3, 0.4) is 0 Å². The highest BCUT2D eigenvalue weighted by atomic mass is 16.3. The number of aliphatic imine (C=N–C) groups is 1. The van der Waals surface area contributed by atoms with Crippen LogP contribution in [0.25, 0.3) is 0 Å². The second kappa shape index (κ2) is 4.05. The molecule has 0 aromatic heterocycles. The molecule has 0 fully saturated rings. The van der Waals surface area contributed by atoms with E-state index in [0.29, 0.717) is 0 Å². The molecule has 3 heteroatoms. The first-order valence-electron chi connectivity index (χ1n) is 4.34. The molecule has 0 aliphatic carbocycles. The zero-order valence-electron chi connectivity index (χ0n) is 8.27. The van der Waals surface area contributed by atoms with Crippen LogP contribution in [0.2, 0.25) is 0 Å². The van der Waals surface area contributed by atoms with Gasteiger partial charge in [0, 0.05) is 6.21 Å². The van der Waals surface area contributed by atoms with Crippen molar-refractivity contribution in [1.82, 2.24) is 0 Å². The lowest BCUT2D eigenvalue weighted by Gasteiger charge is -2.08. The Balaban J connectivity index is 2.78. The first-order chi connectivity index (χ1) is 6.53. The number of nitrogens with zero attached hydrogens (tertiary/aromatic N) is 1. The summed E-state index contributed by atoms with van der Waals surface area (Å²) >= 11 is 0. The minimum atomic E-state index is -0.683. The molecule has 0 bridgehead atoms. The molecule has 74 valence electrons. The van der Waals surface area contributed by atoms with Gasteiger partial charge in [-0.15, -0.1) is 0 Å². The number of aldehydes is 1. The van der Waals surface area contributed by atoms with Gasteiger partial charge in [0.25, 0.3) is 0 Å². The maximum absolute atomic E-state index is 10.5. The van der Waals surface area contributed by atoms with Crippen LogP contribution in [0.15, 0.2) is 29.3 Å². The van der Waals surface area contributed by atoms with Gasteiger partial charge in [-0.2, -0.15) is 0 Å². The molecule has 0 unspecified atom stereocenters. The minimum absolute atomic E-state index is 0.219. The first kappa shape index (κ1) is 10.4. The normalized spacial score (nSPS) is 11.9. The lowest BCUT2D eigenvalue weighted by molar-refractivity contribution is -0.111. The number of phenols is 1. The van der Waals surface area contributed by atoms with Crippen LogP contribution in [0.4, 0.5) is 0 Å². The van der Waals surface area contributed by atoms with E-state index >= 15 is 0 Å². The predicted molar refractivity (Wildman–Crippen MR) is 55.8 cm³/mol. The SMILES string of the molecule is CC(C)(C=O)N=Cc1ccc(O)cc1. The topological polar surface area (TPSA) is 49.7 Å². The third-order valence-electron chi connectivity index (χ3n) is 1.73. The Labute approximate surface area is 83.1 Å². The van der Waals surface area contributed by atoms with Crippen LogP contribution in [-0.4, -0.2) is 23.1 Å². The summed E-state index contributed by atoms with van der Waals surface area (Å²) in [5.41, 5.74) is 0.176. The molecular formula is C11H13NO2. The molecule has 14 heavy (non-hydrogen) atoms. The van der Waals surface area contributed by atoms with E-state index in [-0.39, 0.29) is 5.75 Å². The summed E-state index contributed by atoms with van der Waals surface area (Å²) in [4.78, 5) is 14.6. The number of aromatic hydroxyl groups is 1. The number of carbonyl (C=O) groups is 1. The molecule has 0 amide bonds. The Hall–Kier alpha value is -1.64. The molecule has 3 nitrogen and oxygen atoms in total. The van der Waals surface area contributed by atoms with Crippen molar-refractivity contribution in [3.05, 3.63) is 29.8 Å². The number of benzene rings is 1. The first-order valence-corrected chi connectivity index (χ1v) is 4.34. The maximum atomic E-state index is 10.5. The lowest BCUT2D eigenvalue weighted by Crippen LogP contribution is -2.18. The fraction of sp³-hybridized carbons (Fsp3) is 0.273. The summed E-state index contributed by atoms with van der Waals surface area (Å²) < 4.78 is 0. The van der Waals surface area contributed by atoms with Crippen molar-refractivity contribution in [3.8, 4) is 5.75 Å². The molecule has 0 aliphatic rings. The minimum Gasteiger partial charge on any atom is -0.508 e. The van der Waals surface area contributed by atoms with E-state index in [4.69, 9.17) is 5.11 Å². The van der Waals surface area contributed by atoms with Crippen LogP contribution in [-0.2, 0) is 4.79 Å². The fourth-order valence-corrected chi connectivity index (χ4v) is 0.832. The molecule has 1 rings (SSSR count). The van der Waals surface area contributed by atoms with Gasteiger partial charge in [0.2, 0.25) is 0 Å². The number of hydrogen-bond acceptors (Lipinski definition) is 3. The molecule has 0 saturated heterocycles. The van der Waals surface area contributed by atoms with E-state index in [1.54, 1.807) is 44.3 Å². The van der Waals surface area contributed by atoms with Crippen molar-refractivity contribution in [2.75, 3.05) is 0 Å². The molecular weight excluding hydrogens is 178 g/mol. The predicted octanol–water partition coefficient (Wildman–Crippen LogP) is 1.79. The van der Waals surface area contributed by atoms with E-state index in [9.17, 15) is 4.79 Å². The van der Waals surface area contributed by atoms with Crippen molar-refractivity contribution >= 4 is 12.5 Å². The molecule has 0 saturated carbocycles. The summed E-state index contributed by atoms with van der Waals surface area (Å²) in [6, 6.07) is 6.63. The summed E-state index contributed by atoms with van der Waals surface area (Å²) in [6.45, 7) is 3.47. The fourth-order valence-electron chi connectivity index (χ4n) is 0.832. The Morgan fingerprint density at radius 3 is 2.36 bits per heavy atom. The summed E-state index contributed by atoms with van der Waals surface area (Å²) in [6.07, 6.45) is 2.41. The van der Waals surface area contributed by atoms with Gasteiger partial charge in [-0.1, -0.05) is 0 Å². The summed E-state index contributed by atoms with van der Waals surface area (Å²) in [7, 11) is 0. The average molecular weight is 191 g/mol. The highest BCUT2D eigenvalue weighted by molar-refractivity contribution is 5.82. The van der Waals surface area contributed by atoms with Crippen molar-refractivity contribution in [2.24, 2.45) is 4.99 Å². The maximum Gasteiger partial charge on any atom is 0.146 e. The van der Waals surface area contributed by atoms with Crippen LogP contribution in [0.5, 0.6) is 5.75 Å². The summed E-state index contributed by atoms with van der Waals surface area (Å²) in [5, 5.41) is 9.03. The number of hydrogen-bond donors (Lipinski definition) is 1. The van der Waals surface area contributed by atoms with Gasteiger partial charge < -0.3 is 9.90 Å². The van der Waals surface area contributed by atoms with Crippen LogP contribution < -0.4 is 0 Å². The second-order valence-corrected chi connectivity index (χ2v) is 3.62. The van der Waals surface area contributed by atoms with E-state index in [0.717, 1.165) is 11.8 Å². The van der Waals surface area contributed by atoms with E-state index in [2.05, 4.69) is 4.99 Å². The smallest absolute Gasteiger partial charge is 0.146 e. The van der Waals surface area contributed by atoms with Gasteiger partial charge in [0.1, 0.15) is 17.6 Å². The highest BCUT2D eigenvalue weighted by Gasteiger charge is 2.11. The van der Waals surface area contributed by atoms with Crippen LogP contribution in [0, 0.1) is 0 Å². The Bertz CT molecular complexity index is 339. The van der Waals surface area contributed by atoms with Crippen molar-refractivity contribution in [1.29, 1.82) is 0 Å². The molecule has 0 spiro atoms. The van der Waals surface area contributed by atoms with Gasteiger partial charge in [0.15, 0.2) is 0 Å². The van der Waals surface area contributed by atoms with E-state index in [1.807, 2.05) is 0 Å². The van der Waals surface area contributed by atoms with Crippen molar-refractivity contribution in [3.63, 3.8) is 0 Å². The van der Waals surface area contributed by atoms with Gasteiger partial charge in [0.05, 0.1) is 0 Å². The lowest BCUT2D eigenvalue weighted by atomic mass is 10.1. The molecule has 1 aromatic rings. The van der Waals surface area contributed by atoms with Crippen LogP contribution >= 0.6 is 0 Å². The third kappa shape index (κ3) is 3.01. The van der Waals surface area contributed by atoms with Crippen LogP contribution in [0.1, 0.15) is 19.4 Å². The van der Waals surface area contributed by atoms with E-state index < -0.39 is 5.54 Å². The van der Waals surface area contributed by atoms with Gasteiger partial charge in [-0.05, 0) is 43.7 Å². The highest BCUT2D eigenvalue weighted by Crippen LogP contribution is 2.09. The average Bonchev–Trinajstić information content (AvgIpc) is 2.17. The van der Waals surface area contributed by atoms with Gasteiger partial charge in [-0.3, -0.25) is 4.99 Å². The standard InChI is InChI=1S/C11H13NO2/c1-11(2,8-13)12-7-9-3-5-10(14)6-4-9/h3-8,14H,1-2H3. The Morgan fingerprint density at radius 1 is 1.29 bits per heavy atom. The molecule has 1 aromatic carbocycles. The van der Waals surface area contributed by atoms with Gasteiger partial charge >= 0.3 is 0 Å². The number of phenolic OH excluding ortho intramolecular Hbond substituents is 1. The zero-order chi connectivity index (χ0) is 10.6. The van der Waals surface area contributed by atoms with Crippen molar-refractivity contribution in [2.45, 2.75) is 19.4 Å². The van der Waals surface area contributed by atoms with Gasteiger partial charge in [-0.25, -0.2) is 0 Å². The molecule has 0 radical (unpaired) electrons. The summed E-state index contributed by atoms with van der Waals surface area (Å²) in [5.74, 6) is 0.219. The zero-order valence-corrected chi connectivity index (χ0v) is 8.27. The molecule has 1 N–H and O–H groups in total. The number of rotatable bonds is 3. The molecule has 0 heterocycles. The number of carbonyl (C=O) groups excluding carboxylic acids is 1. The Morgan fingerprint density at radius 2 is 1.86 bits per heavy atom. The van der Waals surface area contributed by atoms with E-state index in [1.165, 1.54) is 0 Å². The molecule has 0 aliphatic heterocycles. The largest absolute Gasteiger partial charge is 0.508 e. The quantitative estimate of drug-likeness (QED) is 0.585. The monoisotopic (exact) mass is 191 g/mol. The second-order valence-electron chi connectivity index (χ2n) is 3.62. The van der Waals surface area contributed by atoms with Crippen molar-refractivity contribution < 1.29 is 9.90 Å². The third-order valence-corrected chi connectivity index (χ3v) is 1.73.